The molecule has 1 heterocycles. The highest BCUT2D eigenvalue weighted by Gasteiger charge is 2.16. The minimum absolute atomic E-state index is 0.0117. The first-order chi connectivity index (χ1) is 8.87. The molecule has 0 unspecified atom stereocenters. The molecule has 5 nitrogen and oxygen atoms in total. The first-order valence-corrected chi connectivity index (χ1v) is 7.83. The number of anilines is 1. The van der Waals surface area contributed by atoms with Gasteiger partial charge in [0.25, 0.3) is 0 Å². The Kier molecular flexibility index (Phi) is 3.91. The van der Waals surface area contributed by atoms with Crippen LogP contribution in [0.5, 0.6) is 0 Å². The van der Waals surface area contributed by atoms with Gasteiger partial charge < -0.3 is 0 Å². The first kappa shape index (κ1) is 14.0. The van der Waals surface area contributed by atoms with Gasteiger partial charge in [-0.3, -0.25) is 4.72 Å². The minimum Gasteiger partial charge on any atom is -0.265 e. The van der Waals surface area contributed by atoms with Gasteiger partial charge in [0.05, 0.1) is 16.8 Å². The molecule has 19 heavy (non-hydrogen) atoms. The van der Waals surface area contributed by atoms with Gasteiger partial charge in [-0.1, -0.05) is 37.6 Å². The van der Waals surface area contributed by atoms with Crippen LogP contribution in [0.15, 0.2) is 24.3 Å². The van der Waals surface area contributed by atoms with E-state index in [9.17, 15) is 8.42 Å². The van der Waals surface area contributed by atoms with Crippen LogP contribution in [0.2, 0.25) is 5.15 Å². The highest BCUT2D eigenvalue weighted by molar-refractivity contribution is 7.92. The fraction of sp³-hybridized carbons (Fsp3) is 0.333. The predicted molar refractivity (Wildman–Crippen MR) is 76.8 cm³/mol. The molecule has 0 radical (unpaired) electrons. The average molecular weight is 300 g/mol. The van der Waals surface area contributed by atoms with Gasteiger partial charge in [0.15, 0.2) is 11.0 Å². The summed E-state index contributed by atoms with van der Waals surface area (Å²) in [7, 11) is -3.46. The molecule has 2 rings (SSSR count). The molecule has 0 spiro atoms. The highest BCUT2D eigenvalue weighted by Crippen LogP contribution is 2.22. The van der Waals surface area contributed by atoms with Crippen molar-refractivity contribution in [2.75, 3.05) is 10.5 Å². The number of hydrogen-bond acceptors (Lipinski definition) is 4. The Balaban J connectivity index is 2.38. The zero-order valence-electron chi connectivity index (χ0n) is 10.6. The number of nitrogens with one attached hydrogen (secondary N) is 1. The van der Waals surface area contributed by atoms with Gasteiger partial charge in [0, 0.05) is 0 Å². The Labute approximate surface area is 117 Å². The van der Waals surface area contributed by atoms with E-state index in [1.54, 1.807) is 18.2 Å². The van der Waals surface area contributed by atoms with E-state index >= 15 is 0 Å². The third-order valence-electron chi connectivity index (χ3n) is 2.33. The second-order valence-corrected chi connectivity index (χ2v) is 6.75. The summed E-state index contributed by atoms with van der Waals surface area (Å²) in [5, 5.41) is 0.0473. The van der Waals surface area contributed by atoms with Crippen LogP contribution >= 0.6 is 11.6 Å². The van der Waals surface area contributed by atoms with Gasteiger partial charge in [-0.05, 0) is 18.1 Å². The molecule has 7 heteroatoms. The van der Waals surface area contributed by atoms with Crippen LogP contribution in [0.4, 0.5) is 5.82 Å². The predicted octanol–water partition coefficient (Wildman–Crippen LogP) is 2.68. The second kappa shape index (κ2) is 5.30. The van der Waals surface area contributed by atoms with Crippen molar-refractivity contribution in [3.63, 3.8) is 0 Å². The van der Waals surface area contributed by atoms with Crippen molar-refractivity contribution in [3.8, 4) is 0 Å². The minimum atomic E-state index is -3.46. The van der Waals surface area contributed by atoms with Crippen LogP contribution in [-0.2, 0) is 10.0 Å². The number of halogens is 1. The van der Waals surface area contributed by atoms with Crippen LogP contribution in [0, 0.1) is 5.92 Å². The van der Waals surface area contributed by atoms with E-state index < -0.39 is 10.0 Å². The lowest BCUT2D eigenvalue weighted by Crippen LogP contribution is -2.21. The average Bonchev–Trinajstić information content (AvgIpc) is 2.27. The maximum Gasteiger partial charge on any atom is 0.234 e. The summed E-state index contributed by atoms with van der Waals surface area (Å²) in [6, 6.07) is 7.13. The summed E-state index contributed by atoms with van der Waals surface area (Å²) in [6.45, 7) is 3.65. The van der Waals surface area contributed by atoms with Crippen molar-refractivity contribution in [3.05, 3.63) is 29.4 Å². The zero-order chi connectivity index (χ0) is 14.0. The molecule has 0 aliphatic heterocycles. The van der Waals surface area contributed by atoms with Crippen molar-refractivity contribution < 1.29 is 8.42 Å². The number of para-hydroxylation sites is 2. The summed E-state index contributed by atoms with van der Waals surface area (Å²) in [4.78, 5) is 8.30. The fourth-order valence-corrected chi connectivity index (χ4v) is 3.31. The number of aromatic nitrogens is 2. The largest absolute Gasteiger partial charge is 0.265 e. The Hall–Kier alpha value is -1.40. The molecule has 0 aliphatic carbocycles. The van der Waals surface area contributed by atoms with Crippen molar-refractivity contribution in [1.82, 2.24) is 9.97 Å². The Morgan fingerprint density at radius 3 is 2.37 bits per heavy atom. The smallest absolute Gasteiger partial charge is 0.234 e. The maximum absolute atomic E-state index is 11.9. The van der Waals surface area contributed by atoms with Crippen molar-refractivity contribution in [2.24, 2.45) is 5.92 Å². The van der Waals surface area contributed by atoms with Gasteiger partial charge in [-0.2, -0.15) is 0 Å². The van der Waals surface area contributed by atoms with E-state index in [0.29, 0.717) is 11.0 Å². The van der Waals surface area contributed by atoms with Gasteiger partial charge in [-0.25, -0.2) is 18.4 Å². The molecule has 1 aromatic heterocycles. The number of sulfonamides is 1. The van der Waals surface area contributed by atoms with Crippen LogP contribution < -0.4 is 4.72 Å². The lowest BCUT2D eigenvalue weighted by molar-refractivity contribution is 0.587. The molecule has 0 saturated heterocycles. The molecule has 102 valence electrons. The van der Waals surface area contributed by atoms with Crippen LogP contribution in [0.25, 0.3) is 11.0 Å². The number of rotatable bonds is 4. The number of hydrogen-bond donors (Lipinski definition) is 1. The number of nitrogens with zero attached hydrogens (tertiary/aromatic N) is 2. The van der Waals surface area contributed by atoms with Gasteiger partial charge >= 0.3 is 0 Å². The Morgan fingerprint density at radius 1 is 1.21 bits per heavy atom. The van der Waals surface area contributed by atoms with Gasteiger partial charge in [0.1, 0.15) is 0 Å². The van der Waals surface area contributed by atoms with E-state index in [4.69, 9.17) is 11.6 Å². The number of fused-ring (bicyclic) bond motifs is 1. The normalized spacial score (nSPS) is 12.0. The molecule has 1 N–H and O–H groups in total. The molecule has 0 saturated carbocycles. The highest BCUT2D eigenvalue weighted by atomic mass is 35.5. The summed E-state index contributed by atoms with van der Waals surface area (Å²) in [5.74, 6) is 0.100. The fourth-order valence-electron chi connectivity index (χ4n) is 1.67. The van der Waals surface area contributed by atoms with Crippen LogP contribution in [0.3, 0.4) is 0 Å². The number of benzene rings is 1. The van der Waals surface area contributed by atoms with Gasteiger partial charge in [0.2, 0.25) is 10.0 Å². The molecule has 0 atom stereocenters. The molecular weight excluding hydrogens is 286 g/mol. The maximum atomic E-state index is 11.9. The molecule has 0 amide bonds. The van der Waals surface area contributed by atoms with Gasteiger partial charge in [-0.15, -0.1) is 0 Å². The monoisotopic (exact) mass is 299 g/mol. The summed E-state index contributed by atoms with van der Waals surface area (Å²) >= 11 is 5.95. The summed E-state index contributed by atoms with van der Waals surface area (Å²) in [5.41, 5.74) is 1.22. The molecule has 0 bridgehead atoms. The van der Waals surface area contributed by atoms with Crippen molar-refractivity contribution in [2.45, 2.75) is 13.8 Å². The SMILES string of the molecule is CC(C)CS(=O)(=O)Nc1nc2ccccc2nc1Cl. The van der Waals surface area contributed by atoms with Crippen LogP contribution in [0.1, 0.15) is 13.8 Å². The molecule has 0 aliphatic rings. The molecule has 2 aromatic rings. The Morgan fingerprint density at radius 2 is 1.79 bits per heavy atom. The third-order valence-corrected chi connectivity index (χ3v) is 4.21. The lowest BCUT2D eigenvalue weighted by atomic mass is 10.3. The van der Waals surface area contributed by atoms with Crippen molar-refractivity contribution in [1.29, 1.82) is 0 Å². The Bertz CT molecular complexity index is 701. The van der Waals surface area contributed by atoms with E-state index in [0.717, 1.165) is 0 Å². The van der Waals surface area contributed by atoms with Crippen molar-refractivity contribution >= 4 is 38.5 Å². The van der Waals surface area contributed by atoms with E-state index in [1.165, 1.54) is 0 Å². The third kappa shape index (κ3) is 3.54. The van der Waals surface area contributed by atoms with E-state index in [-0.39, 0.29) is 22.6 Å². The zero-order valence-corrected chi connectivity index (χ0v) is 12.2. The molecular formula is C12H14ClN3O2S. The standard InChI is InChI=1S/C12H14ClN3O2S/c1-8(2)7-19(17,18)16-12-11(13)14-9-5-3-4-6-10(9)15-12/h3-6,8H,7H2,1-2H3,(H,15,16). The first-order valence-electron chi connectivity index (χ1n) is 5.80. The topological polar surface area (TPSA) is 72.0 Å². The summed E-state index contributed by atoms with van der Waals surface area (Å²) < 4.78 is 26.1. The molecule has 1 aromatic carbocycles. The van der Waals surface area contributed by atoms with E-state index in [1.807, 2.05) is 19.9 Å². The quantitative estimate of drug-likeness (QED) is 0.942. The second-order valence-electron chi connectivity index (χ2n) is 4.63. The van der Waals surface area contributed by atoms with E-state index in [2.05, 4.69) is 14.7 Å². The molecule has 0 fully saturated rings. The lowest BCUT2D eigenvalue weighted by Gasteiger charge is -2.10. The summed E-state index contributed by atoms with van der Waals surface area (Å²) in [6.07, 6.45) is 0. The van der Waals surface area contributed by atoms with Crippen LogP contribution in [-0.4, -0.2) is 24.1 Å².